The first-order valence-corrected chi connectivity index (χ1v) is 7.06. The van der Waals surface area contributed by atoms with Crippen LogP contribution in [-0.4, -0.2) is 13.0 Å². The molecule has 2 aromatic carbocycles. The number of hydrogen-bond donors (Lipinski definition) is 1. The second kappa shape index (κ2) is 6.18. The van der Waals surface area contributed by atoms with E-state index in [9.17, 15) is 9.18 Å². The van der Waals surface area contributed by atoms with Gasteiger partial charge in [-0.1, -0.05) is 18.2 Å². The van der Waals surface area contributed by atoms with Crippen LogP contribution in [0.2, 0.25) is 0 Å². The van der Waals surface area contributed by atoms with Crippen LogP contribution in [0.1, 0.15) is 25.0 Å². The number of ether oxygens (including phenoxy) is 1. The van der Waals surface area contributed by atoms with Gasteiger partial charge in [-0.05, 0) is 56.2 Å². The van der Waals surface area contributed by atoms with Gasteiger partial charge in [0.1, 0.15) is 11.6 Å². The lowest BCUT2D eigenvalue weighted by Crippen LogP contribution is -2.34. The van der Waals surface area contributed by atoms with E-state index < -0.39 is 5.41 Å². The maximum absolute atomic E-state index is 13.0. The van der Waals surface area contributed by atoms with Crippen molar-refractivity contribution in [2.45, 2.75) is 26.2 Å². The van der Waals surface area contributed by atoms with E-state index in [1.165, 1.54) is 12.1 Å². The Balaban J connectivity index is 2.28. The van der Waals surface area contributed by atoms with Gasteiger partial charge in [-0.2, -0.15) is 0 Å². The summed E-state index contributed by atoms with van der Waals surface area (Å²) >= 11 is 0. The molecule has 0 saturated carbocycles. The Kier molecular flexibility index (Phi) is 4.50. The van der Waals surface area contributed by atoms with Gasteiger partial charge in [0.05, 0.1) is 18.2 Å². The normalized spacial score (nSPS) is 11.1. The molecule has 116 valence electrons. The molecule has 0 fully saturated rings. The number of rotatable bonds is 4. The second-order valence-electron chi connectivity index (χ2n) is 5.79. The lowest BCUT2D eigenvalue weighted by Gasteiger charge is -2.25. The Bertz CT molecular complexity index is 678. The fourth-order valence-corrected chi connectivity index (χ4v) is 2.20. The number of carbonyl (C=O) groups is 1. The van der Waals surface area contributed by atoms with E-state index >= 15 is 0 Å². The van der Waals surface area contributed by atoms with Crippen LogP contribution in [0.15, 0.2) is 42.5 Å². The Morgan fingerprint density at radius 3 is 2.36 bits per heavy atom. The van der Waals surface area contributed by atoms with Gasteiger partial charge in [0.25, 0.3) is 0 Å². The molecule has 2 aromatic rings. The van der Waals surface area contributed by atoms with Gasteiger partial charge in [0, 0.05) is 0 Å². The lowest BCUT2D eigenvalue weighted by molar-refractivity contribution is -0.120. The topological polar surface area (TPSA) is 38.3 Å². The van der Waals surface area contributed by atoms with Gasteiger partial charge in [0.2, 0.25) is 5.91 Å². The lowest BCUT2D eigenvalue weighted by atomic mass is 9.83. The van der Waals surface area contributed by atoms with E-state index in [4.69, 9.17) is 4.74 Å². The fourth-order valence-electron chi connectivity index (χ4n) is 2.20. The molecule has 1 amide bonds. The minimum atomic E-state index is -0.789. The van der Waals surface area contributed by atoms with Gasteiger partial charge in [0.15, 0.2) is 0 Å². The molecule has 0 aliphatic heterocycles. The molecule has 4 heteroatoms. The molecule has 0 heterocycles. The molecular formula is C18H20FNO2. The maximum Gasteiger partial charge on any atom is 0.234 e. The highest BCUT2D eigenvalue weighted by Crippen LogP contribution is 2.29. The summed E-state index contributed by atoms with van der Waals surface area (Å²) in [6.07, 6.45) is 0. The molecule has 0 aliphatic carbocycles. The van der Waals surface area contributed by atoms with Gasteiger partial charge in [-0.15, -0.1) is 0 Å². The second-order valence-corrected chi connectivity index (χ2v) is 5.79. The highest BCUT2D eigenvalue weighted by molar-refractivity contribution is 5.99. The van der Waals surface area contributed by atoms with Gasteiger partial charge >= 0.3 is 0 Å². The van der Waals surface area contributed by atoms with Crippen LogP contribution in [0.4, 0.5) is 10.1 Å². The van der Waals surface area contributed by atoms with Crippen LogP contribution in [0.3, 0.4) is 0 Å². The molecular weight excluding hydrogens is 281 g/mol. The number of aryl methyl sites for hydroxylation is 1. The number of methoxy groups -OCH3 is 1. The van der Waals surface area contributed by atoms with Gasteiger partial charge in [-0.25, -0.2) is 4.39 Å². The maximum atomic E-state index is 13.0. The minimum absolute atomic E-state index is 0.178. The zero-order valence-electron chi connectivity index (χ0n) is 13.2. The third-order valence-corrected chi connectivity index (χ3v) is 3.74. The Hall–Kier alpha value is -2.36. The molecule has 0 aromatic heterocycles. The van der Waals surface area contributed by atoms with Crippen molar-refractivity contribution in [1.29, 1.82) is 0 Å². The van der Waals surface area contributed by atoms with Crippen molar-refractivity contribution in [2.24, 2.45) is 0 Å². The summed E-state index contributed by atoms with van der Waals surface area (Å²) in [5, 5.41) is 2.90. The molecule has 0 atom stereocenters. The third kappa shape index (κ3) is 3.27. The Morgan fingerprint density at radius 1 is 1.14 bits per heavy atom. The SMILES string of the molecule is COc1ccc(C)cc1NC(=O)C(C)(C)c1ccc(F)cc1. The molecule has 0 bridgehead atoms. The van der Waals surface area contributed by atoms with E-state index in [2.05, 4.69) is 5.32 Å². The number of carbonyl (C=O) groups excluding carboxylic acids is 1. The standard InChI is InChI=1S/C18H20FNO2/c1-12-5-10-16(22-4)15(11-12)20-17(21)18(2,3)13-6-8-14(19)9-7-13/h5-11H,1-4H3,(H,20,21). The van der Waals surface area contributed by atoms with Crippen LogP contribution < -0.4 is 10.1 Å². The van der Waals surface area contributed by atoms with Gasteiger partial charge in [-0.3, -0.25) is 4.79 Å². The smallest absolute Gasteiger partial charge is 0.234 e. The van der Waals surface area contributed by atoms with E-state index in [1.807, 2.05) is 25.1 Å². The highest BCUT2D eigenvalue weighted by Gasteiger charge is 2.30. The number of benzene rings is 2. The minimum Gasteiger partial charge on any atom is -0.495 e. The van der Waals surface area contributed by atoms with Crippen LogP contribution in [-0.2, 0) is 10.2 Å². The molecule has 0 aliphatic rings. The van der Waals surface area contributed by atoms with Crippen molar-refractivity contribution < 1.29 is 13.9 Å². The van der Waals surface area contributed by atoms with Crippen molar-refractivity contribution in [3.05, 3.63) is 59.4 Å². The van der Waals surface area contributed by atoms with Crippen molar-refractivity contribution >= 4 is 11.6 Å². The summed E-state index contributed by atoms with van der Waals surface area (Å²) in [6.45, 7) is 5.55. The first-order chi connectivity index (χ1) is 10.3. The predicted molar refractivity (Wildman–Crippen MR) is 85.8 cm³/mol. The average molecular weight is 301 g/mol. The third-order valence-electron chi connectivity index (χ3n) is 3.74. The number of anilines is 1. The summed E-state index contributed by atoms with van der Waals surface area (Å²) in [6, 6.07) is 11.6. The zero-order chi connectivity index (χ0) is 16.3. The van der Waals surface area contributed by atoms with E-state index in [0.717, 1.165) is 11.1 Å². The first kappa shape index (κ1) is 16.0. The quantitative estimate of drug-likeness (QED) is 0.925. The van der Waals surface area contributed by atoms with Crippen LogP contribution in [0.5, 0.6) is 5.75 Å². The van der Waals surface area contributed by atoms with E-state index in [1.54, 1.807) is 33.1 Å². The molecule has 3 nitrogen and oxygen atoms in total. The number of nitrogens with one attached hydrogen (secondary N) is 1. The van der Waals surface area contributed by atoms with Crippen molar-refractivity contribution in [3.63, 3.8) is 0 Å². The Labute approximate surface area is 130 Å². The van der Waals surface area contributed by atoms with Gasteiger partial charge < -0.3 is 10.1 Å². The molecule has 0 radical (unpaired) electrons. The summed E-state index contributed by atoms with van der Waals surface area (Å²) in [5.74, 6) is 0.108. The molecule has 0 spiro atoms. The number of amides is 1. The Morgan fingerprint density at radius 2 is 1.77 bits per heavy atom. The number of halogens is 1. The van der Waals surface area contributed by atoms with Crippen LogP contribution >= 0.6 is 0 Å². The molecule has 2 rings (SSSR count). The van der Waals surface area contributed by atoms with E-state index in [-0.39, 0.29) is 11.7 Å². The fraction of sp³-hybridized carbons (Fsp3) is 0.278. The largest absolute Gasteiger partial charge is 0.495 e. The van der Waals surface area contributed by atoms with E-state index in [0.29, 0.717) is 11.4 Å². The van der Waals surface area contributed by atoms with Crippen molar-refractivity contribution in [1.82, 2.24) is 0 Å². The van der Waals surface area contributed by atoms with Crippen molar-refractivity contribution in [3.8, 4) is 5.75 Å². The predicted octanol–water partition coefficient (Wildman–Crippen LogP) is 4.06. The highest BCUT2D eigenvalue weighted by atomic mass is 19.1. The monoisotopic (exact) mass is 301 g/mol. The first-order valence-electron chi connectivity index (χ1n) is 7.06. The average Bonchev–Trinajstić information content (AvgIpc) is 2.48. The van der Waals surface area contributed by atoms with Crippen molar-refractivity contribution in [2.75, 3.05) is 12.4 Å². The molecule has 22 heavy (non-hydrogen) atoms. The summed E-state index contributed by atoms with van der Waals surface area (Å²) in [7, 11) is 1.56. The molecule has 1 N–H and O–H groups in total. The zero-order valence-corrected chi connectivity index (χ0v) is 13.2. The van der Waals surface area contributed by atoms with Crippen LogP contribution in [0.25, 0.3) is 0 Å². The number of hydrogen-bond acceptors (Lipinski definition) is 2. The summed E-state index contributed by atoms with van der Waals surface area (Å²) < 4.78 is 18.3. The summed E-state index contributed by atoms with van der Waals surface area (Å²) in [4.78, 5) is 12.6. The molecule has 0 unspecified atom stereocenters. The summed E-state index contributed by atoms with van der Waals surface area (Å²) in [5.41, 5.74) is 1.61. The van der Waals surface area contributed by atoms with Crippen LogP contribution in [0, 0.1) is 12.7 Å². The molecule has 0 saturated heterocycles.